The molecule has 0 spiro atoms. The molecular formula is C14H13N3O4. The van der Waals surface area contributed by atoms with E-state index in [9.17, 15) is 9.59 Å². The number of carbonyl (C=O) groups is 2. The summed E-state index contributed by atoms with van der Waals surface area (Å²) in [6.07, 6.45) is 1.74. The molecule has 1 atom stereocenters. The number of likely N-dealkylation sites (tertiary alicyclic amines) is 1. The number of rotatable bonds is 3. The third-order valence-electron chi connectivity index (χ3n) is 3.58. The first kappa shape index (κ1) is 13.3. The lowest BCUT2D eigenvalue weighted by Crippen LogP contribution is -2.29. The van der Waals surface area contributed by atoms with Crippen LogP contribution < -0.4 is 0 Å². The molecule has 1 amide bonds. The van der Waals surface area contributed by atoms with E-state index in [-0.39, 0.29) is 12.5 Å². The summed E-state index contributed by atoms with van der Waals surface area (Å²) in [5.41, 5.74) is 1.28. The van der Waals surface area contributed by atoms with Crippen molar-refractivity contribution in [2.24, 2.45) is 5.92 Å². The molecule has 0 radical (unpaired) electrons. The number of carbonyl (C=O) groups excluding carboxylic acids is 1. The van der Waals surface area contributed by atoms with Crippen LogP contribution in [0, 0.1) is 5.92 Å². The van der Waals surface area contributed by atoms with Gasteiger partial charge in [0.05, 0.1) is 5.92 Å². The van der Waals surface area contributed by atoms with Crippen molar-refractivity contribution in [1.82, 2.24) is 15.0 Å². The SMILES string of the molecule is O=C(O)C1CCN(C(=O)c2ccc(-c3ncon3)cc2)C1. The zero-order chi connectivity index (χ0) is 14.8. The number of hydrogen-bond donors (Lipinski definition) is 1. The van der Waals surface area contributed by atoms with Crippen LogP contribution in [-0.4, -0.2) is 45.1 Å². The molecule has 1 N–H and O–H groups in total. The Morgan fingerprint density at radius 3 is 2.62 bits per heavy atom. The van der Waals surface area contributed by atoms with Crippen LogP contribution in [0.25, 0.3) is 11.4 Å². The van der Waals surface area contributed by atoms with Gasteiger partial charge in [-0.25, -0.2) is 0 Å². The number of aliphatic carboxylic acids is 1. The van der Waals surface area contributed by atoms with Gasteiger partial charge in [0.2, 0.25) is 12.2 Å². The highest BCUT2D eigenvalue weighted by atomic mass is 16.5. The average Bonchev–Trinajstić information content (AvgIpc) is 3.18. The second-order valence-electron chi connectivity index (χ2n) is 4.91. The van der Waals surface area contributed by atoms with Crippen LogP contribution in [0.15, 0.2) is 35.2 Å². The molecular weight excluding hydrogens is 274 g/mol. The van der Waals surface area contributed by atoms with Crippen molar-refractivity contribution in [1.29, 1.82) is 0 Å². The minimum atomic E-state index is -0.849. The van der Waals surface area contributed by atoms with Crippen LogP contribution in [-0.2, 0) is 4.79 Å². The van der Waals surface area contributed by atoms with Gasteiger partial charge in [-0.3, -0.25) is 9.59 Å². The molecule has 2 aromatic rings. The third kappa shape index (κ3) is 2.62. The van der Waals surface area contributed by atoms with Gasteiger partial charge in [-0.1, -0.05) is 17.3 Å². The lowest BCUT2D eigenvalue weighted by molar-refractivity contribution is -0.141. The van der Waals surface area contributed by atoms with E-state index in [2.05, 4.69) is 14.7 Å². The molecule has 1 aliphatic heterocycles. The fourth-order valence-corrected chi connectivity index (χ4v) is 2.39. The smallest absolute Gasteiger partial charge is 0.308 e. The molecule has 2 heterocycles. The summed E-state index contributed by atoms with van der Waals surface area (Å²) in [4.78, 5) is 28.7. The standard InChI is InChI=1S/C14H13N3O4/c18-13(17-6-5-11(7-17)14(19)20)10-3-1-9(2-4-10)12-15-8-21-16-12/h1-4,8,11H,5-7H2,(H,19,20). The lowest BCUT2D eigenvalue weighted by atomic mass is 10.1. The highest BCUT2D eigenvalue weighted by Crippen LogP contribution is 2.20. The van der Waals surface area contributed by atoms with E-state index in [4.69, 9.17) is 5.11 Å². The number of carboxylic acid groups (broad SMARTS) is 1. The second-order valence-corrected chi connectivity index (χ2v) is 4.91. The highest BCUT2D eigenvalue weighted by Gasteiger charge is 2.31. The van der Waals surface area contributed by atoms with Gasteiger partial charge < -0.3 is 14.5 Å². The molecule has 3 rings (SSSR count). The van der Waals surface area contributed by atoms with E-state index in [0.717, 1.165) is 5.56 Å². The maximum Gasteiger partial charge on any atom is 0.308 e. The lowest BCUT2D eigenvalue weighted by Gasteiger charge is -2.15. The topological polar surface area (TPSA) is 96.5 Å². The van der Waals surface area contributed by atoms with E-state index >= 15 is 0 Å². The molecule has 108 valence electrons. The molecule has 7 nitrogen and oxygen atoms in total. The minimum absolute atomic E-state index is 0.154. The van der Waals surface area contributed by atoms with Crippen LogP contribution in [0.2, 0.25) is 0 Å². The molecule has 0 saturated carbocycles. The van der Waals surface area contributed by atoms with Crippen LogP contribution in [0.3, 0.4) is 0 Å². The van der Waals surface area contributed by atoms with Gasteiger partial charge in [0.1, 0.15) is 0 Å². The third-order valence-corrected chi connectivity index (χ3v) is 3.58. The molecule has 1 aromatic carbocycles. The zero-order valence-electron chi connectivity index (χ0n) is 11.1. The average molecular weight is 287 g/mol. The summed E-state index contributed by atoms with van der Waals surface area (Å²) < 4.78 is 4.67. The molecule has 0 bridgehead atoms. The molecule has 1 aliphatic rings. The predicted molar refractivity (Wildman–Crippen MR) is 71.4 cm³/mol. The van der Waals surface area contributed by atoms with Crippen LogP contribution in [0.1, 0.15) is 16.8 Å². The van der Waals surface area contributed by atoms with Crippen LogP contribution in [0.4, 0.5) is 0 Å². The van der Waals surface area contributed by atoms with Gasteiger partial charge in [0.15, 0.2) is 0 Å². The van der Waals surface area contributed by atoms with E-state index in [0.29, 0.717) is 24.4 Å². The first-order valence-electron chi connectivity index (χ1n) is 6.54. The van der Waals surface area contributed by atoms with Gasteiger partial charge in [-0.15, -0.1) is 0 Å². The molecule has 1 fully saturated rings. The van der Waals surface area contributed by atoms with E-state index in [1.807, 2.05) is 0 Å². The van der Waals surface area contributed by atoms with Crippen molar-refractivity contribution in [3.63, 3.8) is 0 Å². The van der Waals surface area contributed by atoms with E-state index in [1.54, 1.807) is 29.2 Å². The predicted octanol–water partition coefficient (Wildman–Crippen LogP) is 1.28. The number of nitrogens with zero attached hydrogens (tertiary/aromatic N) is 3. The maximum atomic E-state index is 12.3. The molecule has 0 aliphatic carbocycles. The number of aromatic nitrogens is 2. The summed E-state index contributed by atoms with van der Waals surface area (Å²) in [6.45, 7) is 0.739. The van der Waals surface area contributed by atoms with Crippen molar-refractivity contribution in [2.75, 3.05) is 13.1 Å². The maximum absolute atomic E-state index is 12.3. The fourth-order valence-electron chi connectivity index (χ4n) is 2.39. The van der Waals surface area contributed by atoms with Crippen molar-refractivity contribution in [3.8, 4) is 11.4 Å². The first-order chi connectivity index (χ1) is 10.1. The Kier molecular flexibility index (Phi) is 3.39. The van der Waals surface area contributed by atoms with Gasteiger partial charge in [-0.05, 0) is 18.6 Å². The van der Waals surface area contributed by atoms with Crippen molar-refractivity contribution in [2.45, 2.75) is 6.42 Å². The largest absolute Gasteiger partial charge is 0.481 e. The fraction of sp³-hybridized carbons (Fsp3) is 0.286. The molecule has 1 unspecified atom stereocenters. The van der Waals surface area contributed by atoms with Crippen LogP contribution >= 0.6 is 0 Å². The normalized spacial score (nSPS) is 17.9. The Hall–Kier alpha value is -2.70. The minimum Gasteiger partial charge on any atom is -0.481 e. The van der Waals surface area contributed by atoms with E-state index in [1.165, 1.54) is 6.39 Å². The number of benzene rings is 1. The van der Waals surface area contributed by atoms with Crippen LogP contribution in [0.5, 0.6) is 0 Å². The van der Waals surface area contributed by atoms with Gasteiger partial charge in [-0.2, -0.15) is 4.98 Å². The summed E-state index contributed by atoms with van der Waals surface area (Å²) >= 11 is 0. The second kappa shape index (κ2) is 5.35. The Morgan fingerprint density at radius 1 is 1.29 bits per heavy atom. The number of carboxylic acids is 1. The van der Waals surface area contributed by atoms with Gasteiger partial charge in [0.25, 0.3) is 5.91 Å². The summed E-state index contributed by atoms with van der Waals surface area (Å²) in [5, 5.41) is 12.7. The van der Waals surface area contributed by atoms with Gasteiger partial charge >= 0.3 is 5.97 Å². The number of hydrogen-bond acceptors (Lipinski definition) is 5. The molecule has 1 saturated heterocycles. The Labute approximate surface area is 120 Å². The number of amides is 1. The Balaban J connectivity index is 1.72. The monoisotopic (exact) mass is 287 g/mol. The summed E-state index contributed by atoms with van der Waals surface area (Å²) in [7, 11) is 0. The Bertz CT molecular complexity index is 651. The Morgan fingerprint density at radius 2 is 2.05 bits per heavy atom. The zero-order valence-corrected chi connectivity index (χ0v) is 11.1. The molecule has 21 heavy (non-hydrogen) atoms. The van der Waals surface area contributed by atoms with Gasteiger partial charge in [0, 0.05) is 24.2 Å². The van der Waals surface area contributed by atoms with Crippen molar-refractivity contribution in [3.05, 3.63) is 36.2 Å². The molecule has 1 aromatic heterocycles. The van der Waals surface area contributed by atoms with Crippen molar-refractivity contribution < 1.29 is 19.2 Å². The quantitative estimate of drug-likeness (QED) is 0.913. The van der Waals surface area contributed by atoms with Crippen molar-refractivity contribution >= 4 is 11.9 Å². The summed E-state index contributed by atoms with van der Waals surface area (Å²) in [5.74, 6) is -1.01. The highest BCUT2D eigenvalue weighted by molar-refractivity contribution is 5.95. The van der Waals surface area contributed by atoms with E-state index < -0.39 is 11.9 Å². The summed E-state index contributed by atoms with van der Waals surface area (Å²) in [6, 6.07) is 6.84. The first-order valence-corrected chi connectivity index (χ1v) is 6.54. The molecule has 7 heteroatoms.